The molecule has 2 amide bonds. The topological polar surface area (TPSA) is 60.9 Å². The van der Waals surface area contributed by atoms with Crippen LogP contribution in [0.4, 0.5) is 0 Å². The normalized spacial score (nSPS) is 26.8. The van der Waals surface area contributed by atoms with E-state index in [1.165, 1.54) is 0 Å². The molecular formula is C17H30N2O3. The zero-order chi connectivity index (χ0) is 16.3. The number of hydrogen-bond donors (Lipinski definition) is 1. The first-order chi connectivity index (χ1) is 10.4. The average Bonchev–Trinajstić information content (AvgIpc) is 3.14. The van der Waals surface area contributed by atoms with Crippen molar-refractivity contribution in [2.45, 2.75) is 52.5 Å². The first-order valence-electron chi connectivity index (χ1n) is 8.64. The van der Waals surface area contributed by atoms with Gasteiger partial charge in [-0.2, -0.15) is 0 Å². The Morgan fingerprint density at radius 3 is 2.45 bits per heavy atom. The van der Waals surface area contributed by atoms with E-state index < -0.39 is 0 Å². The summed E-state index contributed by atoms with van der Waals surface area (Å²) in [4.78, 5) is 28.7. The van der Waals surface area contributed by atoms with E-state index in [9.17, 15) is 14.7 Å². The van der Waals surface area contributed by atoms with Crippen LogP contribution < -0.4 is 0 Å². The SMILES string of the molecule is CC(C)C(=O)N1CCCC1CC(C)C(=O)N1CCC(CO)C1. The van der Waals surface area contributed by atoms with E-state index >= 15 is 0 Å². The number of aliphatic hydroxyl groups excluding tert-OH is 1. The lowest BCUT2D eigenvalue weighted by molar-refractivity contribution is -0.138. The predicted molar refractivity (Wildman–Crippen MR) is 85.1 cm³/mol. The molecule has 0 bridgehead atoms. The van der Waals surface area contributed by atoms with Gasteiger partial charge in [0.2, 0.25) is 11.8 Å². The van der Waals surface area contributed by atoms with E-state index in [1.54, 1.807) is 0 Å². The van der Waals surface area contributed by atoms with E-state index in [-0.39, 0.29) is 42.2 Å². The molecule has 2 fully saturated rings. The fraction of sp³-hybridized carbons (Fsp3) is 0.882. The van der Waals surface area contributed by atoms with Gasteiger partial charge >= 0.3 is 0 Å². The molecule has 3 atom stereocenters. The molecule has 5 heteroatoms. The first kappa shape index (κ1) is 17.3. The quantitative estimate of drug-likeness (QED) is 0.837. The lowest BCUT2D eigenvalue weighted by atomic mass is 9.98. The zero-order valence-electron chi connectivity index (χ0n) is 14.1. The first-order valence-corrected chi connectivity index (χ1v) is 8.64. The van der Waals surface area contributed by atoms with Crippen LogP contribution in [0.25, 0.3) is 0 Å². The van der Waals surface area contributed by atoms with Gasteiger partial charge in [-0.25, -0.2) is 0 Å². The Morgan fingerprint density at radius 2 is 1.86 bits per heavy atom. The van der Waals surface area contributed by atoms with Gasteiger partial charge in [0.05, 0.1) is 0 Å². The van der Waals surface area contributed by atoms with Crippen molar-refractivity contribution in [1.82, 2.24) is 9.80 Å². The highest BCUT2D eigenvalue weighted by molar-refractivity contribution is 5.80. The Hall–Kier alpha value is -1.10. The maximum absolute atomic E-state index is 12.5. The molecule has 0 aromatic carbocycles. The van der Waals surface area contributed by atoms with Gasteiger partial charge in [-0.15, -0.1) is 0 Å². The summed E-state index contributed by atoms with van der Waals surface area (Å²) < 4.78 is 0. The summed E-state index contributed by atoms with van der Waals surface area (Å²) in [5.74, 6) is 0.601. The average molecular weight is 310 g/mol. The highest BCUT2D eigenvalue weighted by Crippen LogP contribution is 2.27. The Bertz CT molecular complexity index is 411. The number of amides is 2. The predicted octanol–water partition coefficient (Wildman–Crippen LogP) is 1.50. The number of carbonyl (C=O) groups is 2. The molecule has 2 rings (SSSR count). The number of aliphatic hydroxyl groups is 1. The van der Waals surface area contributed by atoms with Crippen LogP contribution in [-0.2, 0) is 9.59 Å². The number of carbonyl (C=O) groups excluding carboxylic acids is 2. The molecule has 0 saturated carbocycles. The van der Waals surface area contributed by atoms with E-state index in [0.29, 0.717) is 6.54 Å². The van der Waals surface area contributed by atoms with Crippen molar-refractivity contribution in [3.8, 4) is 0 Å². The third-order valence-electron chi connectivity index (χ3n) is 5.06. The van der Waals surface area contributed by atoms with Crippen LogP contribution in [0, 0.1) is 17.8 Å². The van der Waals surface area contributed by atoms with Gasteiger partial charge in [0.15, 0.2) is 0 Å². The van der Waals surface area contributed by atoms with E-state index in [1.807, 2.05) is 30.6 Å². The number of likely N-dealkylation sites (tertiary alicyclic amines) is 2. The Morgan fingerprint density at radius 1 is 1.14 bits per heavy atom. The molecule has 0 aliphatic carbocycles. The lowest BCUT2D eigenvalue weighted by Gasteiger charge is -2.29. The highest BCUT2D eigenvalue weighted by Gasteiger charge is 2.34. The van der Waals surface area contributed by atoms with Crippen molar-refractivity contribution in [3.05, 3.63) is 0 Å². The van der Waals surface area contributed by atoms with Crippen molar-refractivity contribution in [2.75, 3.05) is 26.2 Å². The van der Waals surface area contributed by atoms with Crippen molar-refractivity contribution >= 4 is 11.8 Å². The molecule has 5 nitrogen and oxygen atoms in total. The molecular weight excluding hydrogens is 280 g/mol. The molecule has 2 aliphatic heterocycles. The van der Waals surface area contributed by atoms with Gasteiger partial charge in [-0.1, -0.05) is 20.8 Å². The minimum Gasteiger partial charge on any atom is -0.396 e. The largest absolute Gasteiger partial charge is 0.396 e. The summed E-state index contributed by atoms with van der Waals surface area (Å²) in [6.07, 6.45) is 3.71. The summed E-state index contributed by atoms with van der Waals surface area (Å²) in [6.45, 7) is 8.28. The molecule has 2 saturated heterocycles. The van der Waals surface area contributed by atoms with Gasteiger partial charge in [0, 0.05) is 50.0 Å². The fourth-order valence-corrected chi connectivity index (χ4v) is 3.70. The van der Waals surface area contributed by atoms with Gasteiger partial charge in [0.25, 0.3) is 0 Å². The molecule has 1 N–H and O–H groups in total. The van der Waals surface area contributed by atoms with Gasteiger partial charge in [-0.3, -0.25) is 9.59 Å². The summed E-state index contributed by atoms with van der Waals surface area (Å²) in [5, 5.41) is 9.20. The maximum Gasteiger partial charge on any atom is 0.225 e. The Balaban J connectivity index is 1.89. The second-order valence-electron chi connectivity index (χ2n) is 7.24. The van der Waals surface area contributed by atoms with Crippen LogP contribution >= 0.6 is 0 Å². The summed E-state index contributed by atoms with van der Waals surface area (Å²) >= 11 is 0. The Kier molecular flexibility index (Phi) is 5.84. The van der Waals surface area contributed by atoms with Crippen molar-refractivity contribution in [1.29, 1.82) is 0 Å². The Labute approximate surface area is 133 Å². The highest BCUT2D eigenvalue weighted by atomic mass is 16.3. The van der Waals surface area contributed by atoms with E-state index in [4.69, 9.17) is 0 Å². The standard InChI is InChI=1S/C17H30N2O3/c1-12(2)16(21)19-7-4-5-15(19)9-13(3)17(22)18-8-6-14(10-18)11-20/h12-15,20H,4-11H2,1-3H3. The van der Waals surface area contributed by atoms with Gasteiger partial charge in [-0.05, 0) is 25.7 Å². The summed E-state index contributed by atoms with van der Waals surface area (Å²) in [5.41, 5.74) is 0. The maximum atomic E-state index is 12.5. The number of nitrogens with zero attached hydrogens (tertiary/aromatic N) is 2. The van der Waals surface area contributed by atoms with Crippen LogP contribution in [0.1, 0.15) is 46.5 Å². The molecule has 3 unspecified atom stereocenters. The lowest BCUT2D eigenvalue weighted by Crippen LogP contribution is -2.41. The minimum absolute atomic E-state index is 0.0236. The molecule has 0 spiro atoms. The molecule has 126 valence electrons. The fourth-order valence-electron chi connectivity index (χ4n) is 3.70. The monoisotopic (exact) mass is 310 g/mol. The minimum atomic E-state index is -0.0528. The van der Waals surface area contributed by atoms with E-state index in [2.05, 4.69) is 0 Å². The van der Waals surface area contributed by atoms with Crippen LogP contribution in [0.2, 0.25) is 0 Å². The van der Waals surface area contributed by atoms with Crippen molar-refractivity contribution < 1.29 is 14.7 Å². The molecule has 22 heavy (non-hydrogen) atoms. The third-order valence-corrected chi connectivity index (χ3v) is 5.06. The molecule has 2 heterocycles. The van der Waals surface area contributed by atoms with Crippen molar-refractivity contribution in [3.63, 3.8) is 0 Å². The second kappa shape index (κ2) is 7.44. The van der Waals surface area contributed by atoms with Crippen LogP contribution in [0.5, 0.6) is 0 Å². The summed E-state index contributed by atoms with van der Waals surface area (Å²) in [6, 6.07) is 0.213. The van der Waals surface area contributed by atoms with Gasteiger partial charge in [0.1, 0.15) is 0 Å². The van der Waals surface area contributed by atoms with E-state index in [0.717, 1.165) is 38.8 Å². The summed E-state index contributed by atoms with van der Waals surface area (Å²) in [7, 11) is 0. The van der Waals surface area contributed by atoms with Crippen LogP contribution in [-0.4, -0.2) is 59.0 Å². The molecule has 0 radical (unpaired) electrons. The zero-order valence-corrected chi connectivity index (χ0v) is 14.1. The van der Waals surface area contributed by atoms with Gasteiger partial charge < -0.3 is 14.9 Å². The number of hydrogen-bond acceptors (Lipinski definition) is 3. The second-order valence-corrected chi connectivity index (χ2v) is 7.24. The smallest absolute Gasteiger partial charge is 0.225 e. The molecule has 0 aromatic heterocycles. The van der Waals surface area contributed by atoms with Crippen LogP contribution in [0.15, 0.2) is 0 Å². The van der Waals surface area contributed by atoms with Crippen molar-refractivity contribution in [2.24, 2.45) is 17.8 Å². The number of rotatable bonds is 5. The third kappa shape index (κ3) is 3.80. The molecule has 0 aromatic rings. The van der Waals surface area contributed by atoms with Crippen LogP contribution in [0.3, 0.4) is 0 Å². The molecule has 2 aliphatic rings.